The molecule has 4 atom stereocenters. The molecule has 1 spiro atoms. The summed E-state index contributed by atoms with van der Waals surface area (Å²) in [6, 6.07) is 0. The summed E-state index contributed by atoms with van der Waals surface area (Å²) in [5.41, 5.74) is 0.715. The van der Waals surface area contributed by atoms with Crippen molar-refractivity contribution < 1.29 is 18.9 Å². The monoisotopic (exact) mass is 226 g/mol. The molecule has 2 heterocycles. The largest absolute Gasteiger partial charge is 0.353 e. The summed E-state index contributed by atoms with van der Waals surface area (Å²) in [4.78, 5) is 0. The summed E-state index contributed by atoms with van der Waals surface area (Å²) in [7, 11) is 1.64. The number of hydrogen-bond acceptors (Lipinski definition) is 4. The molecule has 0 aromatic heterocycles. The van der Waals surface area contributed by atoms with Crippen LogP contribution in [0.1, 0.15) is 26.7 Å². The summed E-state index contributed by atoms with van der Waals surface area (Å²) in [6.45, 7) is 7.92. The van der Waals surface area contributed by atoms with E-state index in [1.165, 1.54) is 0 Å². The van der Waals surface area contributed by atoms with Crippen molar-refractivity contribution in [3.05, 3.63) is 12.2 Å². The Balaban J connectivity index is 1.99. The first kappa shape index (κ1) is 10.7. The topological polar surface area (TPSA) is 36.9 Å². The predicted molar refractivity (Wildman–Crippen MR) is 56.8 cm³/mol. The second kappa shape index (κ2) is 3.07. The molecule has 16 heavy (non-hydrogen) atoms. The Kier molecular flexibility index (Phi) is 2.06. The molecule has 0 aromatic carbocycles. The number of methoxy groups -OCH3 is 1. The number of rotatable bonds is 1. The Morgan fingerprint density at radius 3 is 2.88 bits per heavy atom. The molecular formula is C12H18O4. The summed E-state index contributed by atoms with van der Waals surface area (Å²) in [5.74, 6) is -0.561. The van der Waals surface area contributed by atoms with Crippen LogP contribution in [0, 0.1) is 0 Å². The van der Waals surface area contributed by atoms with Gasteiger partial charge < -0.3 is 18.9 Å². The fourth-order valence-electron chi connectivity index (χ4n) is 3.19. The van der Waals surface area contributed by atoms with Crippen LogP contribution >= 0.6 is 0 Å². The highest BCUT2D eigenvalue weighted by Gasteiger charge is 2.68. The van der Waals surface area contributed by atoms with E-state index in [1.54, 1.807) is 7.11 Å². The van der Waals surface area contributed by atoms with Crippen molar-refractivity contribution >= 4 is 0 Å². The third-order valence-electron chi connectivity index (χ3n) is 3.73. The second-order valence-corrected chi connectivity index (χ2v) is 5.27. The first-order valence-corrected chi connectivity index (χ1v) is 5.72. The molecule has 0 unspecified atom stereocenters. The van der Waals surface area contributed by atoms with Crippen LogP contribution in [0.3, 0.4) is 0 Å². The Bertz CT molecular complexity index is 338. The number of hydrogen-bond donors (Lipinski definition) is 0. The molecule has 0 radical (unpaired) electrons. The maximum atomic E-state index is 6.10. The lowest BCUT2D eigenvalue weighted by atomic mass is 9.94. The summed E-state index contributed by atoms with van der Waals surface area (Å²) < 4.78 is 23.2. The first-order valence-electron chi connectivity index (χ1n) is 5.72. The van der Waals surface area contributed by atoms with Gasteiger partial charge in [0.15, 0.2) is 12.1 Å². The molecule has 1 aliphatic carbocycles. The van der Waals surface area contributed by atoms with Crippen LogP contribution in [-0.4, -0.2) is 37.0 Å². The zero-order valence-electron chi connectivity index (χ0n) is 9.99. The van der Waals surface area contributed by atoms with Gasteiger partial charge in [0.25, 0.3) is 0 Å². The van der Waals surface area contributed by atoms with Crippen LogP contribution in [0.25, 0.3) is 0 Å². The standard InChI is InChI=1S/C12H18O4/c1-7-5-6-12-8(7)14-10(13-4)9(12)15-11(2,3)16-12/h8-10H,1,5-6H2,2-4H3/t8-,9+,10+,12-/m1/s1. The quantitative estimate of drug-likeness (QED) is 0.636. The minimum atomic E-state index is -0.561. The lowest BCUT2D eigenvalue weighted by Crippen LogP contribution is -2.43. The molecule has 2 aliphatic heterocycles. The van der Waals surface area contributed by atoms with E-state index < -0.39 is 5.79 Å². The van der Waals surface area contributed by atoms with Crippen molar-refractivity contribution in [2.24, 2.45) is 0 Å². The number of ether oxygens (including phenoxy) is 4. The van der Waals surface area contributed by atoms with Crippen molar-refractivity contribution in [3.63, 3.8) is 0 Å². The lowest BCUT2D eigenvalue weighted by Gasteiger charge is -2.26. The first-order chi connectivity index (χ1) is 7.48. The van der Waals surface area contributed by atoms with E-state index in [1.807, 2.05) is 13.8 Å². The molecule has 0 bridgehead atoms. The van der Waals surface area contributed by atoms with E-state index in [0.717, 1.165) is 18.4 Å². The molecule has 0 N–H and O–H groups in total. The second-order valence-electron chi connectivity index (χ2n) is 5.27. The minimum Gasteiger partial charge on any atom is -0.353 e. The SMILES string of the molecule is C=C1CC[C@]23OC(C)(C)O[C@H]2[C@@H](OC)O[C@H]13. The molecule has 3 aliphatic rings. The van der Waals surface area contributed by atoms with Crippen LogP contribution in [0.15, 0.2) is 12.2 Å². The van der Waals surface area contributed by atoms with Gasteiger partial charge in [-0.25, -0.2) is 0 Å². The lowest BCUT2D eigenvalue weighted by molar-refractivity contribution is -0.228. The molecule has 90 valence electrons. The average Bonchev–Trinajstić information content (AvgIpc) is 2.73. The normalized spacial score (nSPS) is 49.4. The van der Waals surface area contributed by atoms with Crippen LogP contribution in [-0.2, 0) is 18.9 Å². The summed E-state index contributed by atoms with van der Waals surface area (Å²) in [5, 5.41) is 0. The van der Waals surface area contributed by atoms with E-state index in [-0.39, 0.29) is 24.1 Å². The van der Waals surface area contributed by atoms with Crippen molar-refractivity contribution in [2.45, 2.75) is 56.6 Å². The van der Waals surface area contributed by atoms with Gasteiger partial charge >= 0.3 is 0 Å². The maximum absolute atomic E-state index is 6.10. The van der Waals surface area contributed by atoms with Gasteiger partial charge in [-0.15, -0.1) is 0 Å². The molecule has 4 nitrogen and oxygen atoms in total. The molecular weight excluding hydrogens is 208 g/mol. The zero-order valence-corrected chi connectivity index (χ0v) is 9.99. The van der Waals surface area contributed by atoms with Crippen LogP contribution in [0.4, 0.5) is 0 Å². The Morgan fingerprint density at radius 1 is 1.44 bits per heavy atom. The van der Waals surface area contributed by atoms with Gasteiger partial charge in [-0.05, 0) is 32.3 Å². The molecule has 4 heteroatoms. The highest BCUT2D eigenvalue weighted by atomic mass is 16.8. The van der Waals surface area contributed by atoms with Gasteiger partial charge in [-0.1, -0.05) is 6.58 Å². The van der Waals surface area contributed by atoms with Crippen molar-refractivity contribution in [2.75, 3.05) is 7.11 Å². The zero-order chi connectivity index (χ0) is 11.6. The van der Waals surface area contributed by atoms with E-state index in [0.29, 0.717) is 0 Å². The van der Waals surface area contributed by atoms with E-state index in [9.17, 15) is 0 Å². The van der Waals surface area contributed by atoms with Crippen molar-refractivity contribution in [3.8, 4) is 0 Å². The van der Waals surface area contributed by atoms with Crippen molar-refractivity contribution in [1.82, 2.24) is 0 Å². The Morgan fingerprint density at radius 2 is 2.19 bits per heavy atom. The van der Waals surface area contributed by atoms with E-state index in [4.69, 9.17) is 18.9 Å². The molecule has 0 aromatic rings. The van der Waals surface area contributed by atoms with Gasteiger partial charge in [0.2, 0.25) is 0 Å². The Hall–Kier alpha value is -0.420. The smallest absolute Gasteiger partial charge is 0.187 e. The van der Waals surface area contributed by atoms with Gasteiger partial charge in [0, 0.05) is 7.11 Å². The molecule has 3 rings (SSSR count). The third-order valence-corrected chi connectivity index (χ3v) is 3.73. The van der Waals surface area contributed by atoms with Crippen molar-refractivity contribution in [1.29, 1.82) is 0 Å². The highest BCUT2D eigenvalue weighted by Crippen LogP contribution is 2.55. The van der Waals surface area contributed by atoms with Crippen LogP contribution in [0.2, 0.25) is 0 Å². The fourth-order valence-corrected chi connectivity index (χ4v) is 3.19. The van der Waals surface area contributed by atoms with Gasteiger partial charge in [-0.2, -0.15) is 0 Å². The minimum absolute atomic E-state index is 0.0794. The predicted octanol–water partition coefficient (Wildman–Crippen LogP) is 1.60. The van der Waals surface area contributed by atoms with E-state index in [2.05, 4.69) is 6.58 Å². The highest BCUT2D eigenvalue weighted by molar-refractivity contribution is 5.26. The molecule has 2 saturated heterocycles. The maximum Gasteiger partial charge on any atom is 0.187 e. The molecule has 1 saturated carbocycles. The van der Waals surface area contributed by atoms with Crippen LogP contribution < -0.4 is 0 Å². The fraction of sp³-hybridized carbons (Fsp3) is 0.833. The van der Waals surface area contributed by atoms with E-state index >= 15 is 0 Å². The summed E-state index contributed by atoms with van der Waals surface area (Å²) in [6.07, 6.45) is 1.28. The van der Waals surface area contributed by atoms with Gasteiger partial charge in [0.1, 0.15) is 17.8 Å². The molecule has 3 fully saturated rings. The van der Waals surface area contributed by atoms with Gasteiger partial charge in [-0.3, -0.25) is 0 Å². The van der Waals surface area contributed by atoms with Crippen LogP contribution in [0.5, 0.6) is 0 Å². The molecule has 0 amide bonds. The Labute approximate surface area is 95.5 Å². The average molecular weight is 226 g/mol. The third kappa shape index (κ3) is 1.19. The summed E-state index contributed by atoms with van der Waals surface area (Å²) >= 11 is 0. The van der Waals surface area contributed by atoms with Gasteiger partial charge in [0.05, 0.1) is 0 Å².